The molecule has 408 valence electrons. The van der Waals surface area contributed by atoms with Gasteiger partial charge in [0.15, 0.2) is 0 Å². The number of carbonyl (C=O) groups is 4. The van der Waals surface area contributed by atoms with Crippen LogP contribution in [-0.4, -0.2) is 134 Å². The number of aromatic nitrogens is 5. The van der Waals surface area contributed by atoms with Crippen LogP contribution < -0.4 is 38.0 Å². The molecule has 11 N–H and O–H groups in total. The Bertz CT molecular complexity index is 2490. The molecule has 5 unspecified atom stereocenters. The van der Waals surface area contributed by atoms with Gasteiger partial charge in [0.2, 0.25) is 17.7 Å². The summed E-state index contributed by atoms with van der Waals surface area (Å²) in [7, 11) is -13.4. The molecule has 3 aliphatic heterocycles. The molecule has 5 amide bonds. The summed E-state index contributed by atoms with van der Waals surface area (Å²) in [6.45, 7) is 4.95. The van der Waals surface area contributed by atoms with Crippen LogP contribution in [0, 0.1) is 11.8 Å². The van der Waals surface area contributed by atoms with Crippen molar-refractivity contribution in [2.24, 2.45) is 0 Å². The predicted octanol–water partition coefficient (Wildman–Crippen LogP) is 2.15. The van der Waals surface area contributed by atoms with Gasteiger partial charge in [0.1, 0.15) is 23.7 Å². The van der Waals surface area contributed by atoms with E-state index in [9.17, 15) is 47.5 Å². The summed E-state index contributed by atoms with van der Waals surface area (Å²) >= 11 is 1.88. The van der Waals surface area contributed by atoms with E-state index in [1.54, 1.807) is 32.5 Å². The molecule has 34 heteroatoms. The van der Waals surface area contributed by atoms with Gasteiger partial charge in [0.25, 0.3) is 0 Å². The number of phosphoric acid groups is 3. The number of hydrogen-bond acceptors (Lipinski definition) is 20. The molecule has 5 rings (SSSR count). The van der Waals surface area contributed by atoms with E-state index in [0.717, 1.165) is 29.6 Å². The number of fused-ring (bicyclic) bond motifs is 1. The summed E-state index contributed by atoms with van der Waals surface area (Å²) in [5.41, 5.74) is 5.86. The van der Waals surface area contributed by atoms with Gasteiger partial charge in [0, 0.05) is 54.3 Å². The summed E-state index contributed by atoms with van der Waals surface area (Å²) in [6, 6.07) is 0.306. The SMILES string of the molecule is CC(C)(CNC(=O)CCCCC1SCC2NC(=O)NC21)SSCOCc1cn(CCC(=O)NCCCCCC(=O)NCC#Cc2cn([C@H]3CC[C@@H](COP(=O)(O)OP(=O)(O)OP(=O)(O)O)O3)c(=O)nc2N)nn1. The number of urea groups is 1. The zero-order valence-corrected chi connectivity index (χ0v) is 45.1. The molecule has 3 saturated heterocycles. The van der Waals surface area contributed by atoms with Crippen LogP contribution in [0.15, 0.2) is 17.2 Å². The molecule has 3 fully saturated rings. The highest BCUT2D eigenvalue weighted by atomic mass is 33.1. The number of amides is 5. The van der Waals surface area contributed by atoms with E-state index in [1.807, 2.05) is 11.8 Å². The van der Waals surface area contributed by atoms with Crippen molar-refractivity contribution in [1.82, 2.24) is 51.1 Å². The van der Waals surface area contributed by atoms with Crippen LogP contribution in [-0.2, 0) is 63.8 Å². The molecule has 2 aromatic heterocycles. The van der Waals surface area contributed by atoms with Crippen molar-refractivity contribution >= 4 is 86.4 Å². The van der Waals surface area contributed by atoms with Crippen LogP contribution in [0.3, 0.4) is 0 Å². The highest BCUT2D eigenvalue weighted by molar-refractivity contribution is 8.77. The van der Waals surface area contributed by atoms with Gasteiger partial charge >= 0.3 is 35.2 Å². The number of unbranched alkanes of at least 4 members (excludes halogenated alkanes) is 3. The fourth-order valence-electron chi connectivity index (χ4n) is 7.35. The second kappa shape index (κ2) is 28.5. The molecule has 0 aromatic carbocycles. The third-order valence-electron chi connectivity index (χ3n) is 10.8. The number of ether oxygens (including phenoxy) is 2. The lowest BCUT2D eigenvalue weighted by Gasteiger charge is -2.23. The van der Waals surface area contributed by atoms with Crippen LogP contribution in [0.1, 0.15) is 102 Å². The van der Waals surface area contributed by atoms with E-state index in [0.29, 0.717) is 62.2 Å². The number of rotatable bonds is 31. The number of hydrogen-bond donors (Lipinski definition) is 10. The fraction of sp³-hybridized carbons (Fsp3) is 0.692. The van der Waals surface area contributed by atoms with Crippen molar-refractivity contribution in [3.05, 3.63) is 34.1 Å². The van der Waals surface area contributed by atoms with Gasteiger partial charge in [-0.25, -0.2) is 23.3 Å². The first-order valence-electron chi connectivity index (χ1n) is 23.0. The molecule has 2 aromatic rings. The summed E-state index contributed by atoms with van der Waals surface area (Å²) < 4.78 is 60.2. The number of nitrogens with one attached hydrogen (secondary N) is 5. The van der Waals surface area contributed by atoms with Crippen LogP contribution in [0.4, 0.5) is 10.6 Å². The highest BCUT2D eigenvalue weighted by Crippen LogP contribution is 2.66. The molecule has 7 atom stereocenters. The summed E-state index contributed by atoms with van der Waals surface area (Å²) in [6.07, 6.45) is 7.05. The number of nitrogen functional groups attached to an aromatic ring is 1. The van der Waals surface area contributed by atoms with Gasteiger partial charge in [-0.05, 0) is 52.4 Å². The minimum Gasteiger partial charge on any atom is -0.382 e. The predicted molar refractivity (Wildman–Crippen MR) is 268 cm³/mol. The number of carbonyl (C=O) groups excluding carboxylic acids is 4. The third kappa shape index (κ3) is 22.3. The Morgan fingerprint density at radius 3 is 2.47 bits per heavy atom. The smallest absolute Gasteiger partial charge is 0.382 e. The molecule has 0 bridgehead atoms. The summed E-state index contributed by atoms with van der Waals surface area (Å²) in [5.74, 6) is 6.27. The van der Waals surface area contributed by atoms with Crippen molar-refractivity contribution < 1.29 is 75.1 Å². The normalized spacial score (nSPS) is 21.2. The maximum absolute atomic E-state index is 12.6. The maximum Gasteiger partial charge on any atom is 0.490 e. The van der Waals surface area contributed by atoms with Crippen molar-refractivity contribution in [2.75, 3.05) is 43.7 Å². The van der Waals surface area contributed by atoms with Gasteiger partial charge in [0.05, 0.1) is 56.3 Å². The first kappa shape index (κ1) is 60.3. The van der Waals surface area contributed by atoms with Crippen molar-refractivity contribution in [1.29, 1.82) is 0 Å². The zero-order valence-electron chi connectivity index (χ0n) is 40.0. The number of aryl methyl sites for hydroxylation is 1. The van der Waals surface area contributed by atoms with Crippen molar-refractivity contribution in [3.63, 3.8) is 0 Å². The number of anilines is 1. The number of nitrogens with two attached hydrogens (primary N) is 1. The van der Waals surface area contributed by atoms with E-state index in [-0.39, 0.29) is 90.8 Å². The third-order valence-corrected chi connectivity index (χ3v) is 19.1. The number of nitrogens with zero attached hydrogens (tertiary/aromatic N) is 5. The van der Waals surface area contributed by atoms with Crippen LogP contribution in [0.25, 0.3) is 0 Å². The Kier molecular flexibility index (Phi) is 23.6. The quantitative estimate of drug-likeness (QED) is 0.0129. The Labute approximate surface area is 432 Å². The van der Waals surface area contributed by atoms with E-state index in [1.165, 1.54) is 6.20 Å². The highest BCUT2D eigenvalue weighted by Gasteiger charge is 2.43. The van der Waals surface area contributed by atoms with Gasteiger partial charge in [-0.15, -0.1) is 5.10 Å². The molecular weight excluding hydrogens is 1080 g/mol. The molecule has 0 radical (unpaired) electrons. The van der Waals surface area contributed by atoms with Gasteiger partial charge in [-0.1, -0.05) is 51.5 Å². The summed E-state index contributed by atoms with van der Waals surface area (Å²) in [5, 5.41) is 23.1. The Morgan fingerprint density at radius 1 is 0.959 bits per heavy atom. The van der Waals surface area contributed by atoms with Crippen molar-refractivity contribution in [3.8, 4) is 11.8 Å². The molecule has 5 heterocycles. The molecule has 0 saturated carbocycles. The van der Waals surface area contributed by atoms with Gasteiger partial charge in [-0.2, -0.15) is 25.4 Å². The van der Waals surface area contributed by atoms with E-state index in [2.05, 4.69) is 80.7 Å². The minimum absolute atomic E-state index is 0.0336. The monoisotopic (exact) mass is 1150 g/mol. The van der Waals surface area contributed by atoms with Crippen LogP contribution in [0.5, 0.6) is 0 Å². The average Bonchev–Trinajstić information content (AvgIpc) is 4.11. The lowest BCUT2D eigenvalue weighted by molar-refractivity contribution is -0.122. The molecule has 0 aliphatic carbocycles. The molecule has 3 aliphatic rings. The maximum atomic E-state index is 12.6. The van der Waals surface area contributed by atoms with Crippen LogP contribution >= 0.6 is 56.8 Å². The van der Waals surface area contributed by atoms with Crippen LogP contribution in [0.2, 0.25) is 0 Å². The standard InChI is InChI=1S/C39H62N11O17P3S3/c1-39(2,24-43-32(52)12-6-5-10-30-35-29(23-71-30)44-37(54)45-35)73-72-25-63-21-27-20-49(48-47-27)18-15-33(53)41-16-7-3-4-11-31(51)42-17-8-9-26-19-50(38(55)46-36(26)40)34-14-13-28(65-34)22-64-69(59,60)67-70(61,62)66-68(56,57)58/h19-20,28-30,34-35H,3-7,10-18,21-25H2,1-2H3,(H,41,53)(H,42,51)(H,43,52)(H,59,60)(H,61,62)(H2,40,46,55)(H2,44,45,54)(H2,56,57,58)/t28-,29?,30?,34+,35?/m0/s1. The Balaban J connectivity index is 0.855. The van der Waals surface area contributed by atoms with Crippen molar-refractivity contribution in [2.45, 2.75) is 132 Å². The lowest BCUT2D eigenvalue weighted by atomic mass is 10.0. The van der Waals surface area contributed by atoms with Gasteiger partial charge in [-0.3, -0.25) is 28.2 Å². The Hall–Kier alpha value is -3.56. The molecule has 73 heavy (non-hydrogen) atoms. The van der Waals surface area contributed by atoms with Gasteiger partial charge < -0.3 is 61.4 Å². The first-order valence-corrected chi connectivity index (χ1v) is 30.9. The van der Waals surface area contributed by atoms with E-state index in [4.69, 9.17) is 25.0 Å². The van der Waals surface area contributed by atoms with E-state index < -0.39 is 48.1 Å². The zero-order chi connectivity index (χ0) is 53.2. The number of phosphoric ester groups is 1. The largest absolute Gasteiger partial charge is 0.490 e. The summed E-state index contributed by atoms with van der Waals surface area (Å²) in [4.78, 5) is 101. The molecule has 28 nitrogen and oxygen atoms in total. The average molecular weight is 1150 g/mol. The van der Waals surface area contributed by atoms with E-state index >= 15 is 0 Å². The second-order valence-electron chi connectivity index (χ2n) is 17.4. The second-order valence-corrected chi connectivity index (χ2v) is 26.1. The fourth-order valence-corrected chi connectivity index (χ4v) is 14.1. The lowest BCUT2D eigenvalue weighted by Crippen LogP contribution is -2.37. The minimum atomic E-state index is -5.69. The molecular formula is C39H62N11O17P3S3. The topological polar surface area (TPSA) is 398 Å². The first-order chi connectivity index (χ1) is 34.4. The Morgan fingerprint density at radius 2 is 1.70 bits per heavy atom. The number of thioether (sulfide) groups is 1. The molecule has 0 spiro atoms.